The van der Waals surface area contributed by atoms with Crippen molar-refractivity contribution >= 4 is 17.2 Å². The first-order valence-corrected chi connectivity index (χ1v) is 5.28. The number of hydrogen-bond donors (Lipinski definition) is 1. The first-order chi connectivity index (χ1) is 7.84. The number of aromatic nitrogens is 2. The molecule has 82 valence electrons. The van der Waals surface area contributed by atoms with Gasteiger partial charge in [0.25, 0.3) is 0 Å². The van der Waals surface area contributed by atoms with Gasteiger partial charge in [0.2, 0.25) is 5.91 Å². The Morgan fingerprint density at radius 3 is 3.19 bits per heavy atom. The zero-order valence-corrected chi connectivity index (χ0v) is 8.76. The molecule has 2 aromatic heterocycles. The molecule has 3 heterocycles. The van der Waals surface area contributed by atoms with Gasteiger partial charge in [-0.2, -0.15) is 0 Å². The maximum absolute atomic E-state index is 11.7. The summed E-state index contributed by atoms with van der Waals surface area (Å²) < 4.78 is 1.93. The zero-order valence-electron chi connectivity index (χ0n) is 8.76. The molecule has 1 amide bonds. The maximum atomic E-state index is 11.7. The highest BCUT2D eigenvalue weighted by Crippen LogP contribution is 2.17. The molecule has 3 rings (SSSR count). The Morgan fingerprint density at radius 2 is 2.31 bits per heavy atom. The van der Waals surface area contributed by atoms with E-state index in [1.54, 1.807) is 11.1 Å². The fraction of sp³-hybridized carbons (Fsp3) is 0.273. The normalized spacial score (nSPS) is 17.0. The van der Waals surface area contributed by atoms with Gasteiger partial charge in [-0.25, -0.2) is 4.98 Å². The predicted octanol–water partition coefficient (Wildman–Crippen LogP) is 0.270. The molecule has 1 aliphatic heterocycles. The second-order valence-corrected chi connectivity index (χ2v) is 3.80. The average molecular weight is 216 g/mol. The summed E-state index contributed by atoms with van der Waals surface area (Å²) in [6.45, 7) is 1.97. The molecule has 0 saturated carbocycles. The molecule has 1 N–H and O–H groups in total. The van der Waals surface area contributed by atoms with Gasteiger partial charge in [-0.05, 0) is 6.07 Å². The first kappa shape index (κ1) is 9.35. The van der Waals surface area contributed by atoms with Crippen LogP contribution in [0, 0.1) is 0 Å². The van der Waals surface area contributed by atoms with Gasteiger partial charge in [0.15, 0.2) is 0 Å². The second-order valence-electron chi connectivity index (χ2n) is 3.80. The van der Waals surface area contributed by atoms with Crippen LogP contribution in [0.1, 0.15) is 0 Å². The SMILES string of the molecule is O=C1CNCCN1c1ccn2ccnc2c1. The predicted molar refractivity (Wildman–Crippen MR) is 60.4 cm³/mol. The van der Waals surface area contributed by atoms with E-state index in [9.17, 15) is 4.79 Å². The second kappa shape index (κ2) is 3.61. The summed E-state index contributed by atoms with van der Waals surface area (Å²) in [5.74, 6) is 0.113. The lowest BCUT2D eigenvalue weighted by Gasteiger charge is -2.27. The Labute approximate surface area is 92.7 Å². The lowest BCUT2D eigenvalue weighted by atomic mass is 10.3. The molecule has 16 heavy (non-hydrogen) atoms. The highest BCUT2D eigenvalue weighted by molar-refractivity contribution is 5.95. The van der Waals surface area contributed by atoms with Crippen LogP contribution in [0.5, 0.6) is 0 Å². The van der Waals surface area contributed by atoms with E-state index >= 15 is 0 Å². The van der Waals surface area contributed by atoms with Gasteiger partial charge >= 0.3 is 0 Å². The van der Waals surface area contributed by atoms with Crippen LogP contribution >= 0.6 is 0 Å². The number of rotatable bonds is 1. The lowest BCUT2D eigenvalue weighted by molar-refractivity contribution is -0.118. The molecule has 1 fully saturated rings. The molecule has 0 bridgehead atoms. The summed E-state index contributed by atoms with van der Waals surface area (Å²) in [5, 5.41) is 3.05. The summed E-state index contributed by atoms with van der Waals surface area (Å²) in [6.07, 6.45) is 5.56. The molecule has 2 aromatic rings. The molecule has 1 saturated heterocycles. The topological polar surface area (TPSA) is 49.6 Å². The Balaban J connectivity index is 2.00. The van der Waals surface area contributed by atoms with Gasteiger partial charge in [0.05, 0.1) is 6.54 Å². The van der Waals surface area contributed by atoms with Gasteiger partial charge in [-0.3, -0.25) is 4.79 Å². The van der Waals surface area contributed by atoms with Gasteiger partial charge in [-0.15, -0.1) is 0 Å². The molecule has 5 nitrogen and oxygen atoms in total. The summed E-state index contributed by atoms with van der Waals surface area (Å²) in [4.78, 5) is 17.7. The highest BCUT2D eigenvalue weighted by Gasteiger charge is 2.19. The molecule has 0 spiro atoms. The molecular formula is C11H12N4O. The third-order valence-electron chi connectivity index (χ3n) is 2.78. The standard InChI is InChI=1S/C11H12N4O/c16-11-8-12-2-6-15(11)9-1-4-14-5-3-13-10(14)7-9/h1,3-5,7,12H,2,6,8H2. The van der Waals surface area contributed by atoms with Crippen molar-refractivity contribution in [1.29, 1.82) is 0 Å². The number of hydrogen-bond acceptors (Lipinski definition) is 3. The van der Waals surface area contributed by atoms with Crippen molar-refractivity contribution in [3.8, 4) is 0 Å². The number of carbonyl (C=O) groups is 1. The Kier molecular flexibility index (Phi) is 2.11. The van der Waals surface area contributed by atoms with Gasteiger partial charge < -0.3 is 14.6 Å². The maximum Gasteiger partial charge on any atom is 0.240 e. The summed E-state index contributed by atoms with van der Waals surface area (Å²) in [7, 11) is 0. The minimum absolute atomic E-state index is 0.113. The van der Waals surface area contributed by atoms with Crippen LogP contribution < -0.4 is 10.2 Å². The van der Waals surface area contributed by atoms with E-state index in [0.717, 1.165) is 24.4 Å². The average Bonchev–Trinajstić information content (AvgIpc) is 2.76. The summed E-state index contributed by atoms with van der Waals surface area (Å²) in [5.41, 5.74) is 1.79. The van der Waals surface area contributed by atoms with Crippen LogP contribution in [0.15, 0.2) is 30.7 Å². The molecule has 0 atom stereocenters. The number of amides is 1. The van der Waals surface area contributed by atoms with Crippen LogP contribution in [0.25, 0.3) is 5.65 Å². The number of pyridine rings is 1. The Hall–Kier alpha value is -1.88. The Morgan fingerprint density at radius 1 is 1.38 bits per heavy atom. The van der Waals surface area contributed by atoms with Crippen molar-refractivity contribution in [2.24, 2.45) is 0 Å². The third kappa shape index (κ3) is 1.45. The van der Waals surface area contributed by atoms with Crippen molar-refractivity contribution in [3.63, 3.8) is 0 Å². The van der Waals surface area contributed by atoms with E-state index in [1.807, 2.05) is 28.9 Å². The van der Waals surface area contributed by atoms with Crippen LogP contribution in [0.4, 0.5) is 5.69 Å². The lowest BCUT2D eigenvalue weighted by Crippen LogP contribution is -2.48. The van der Waals surface area contributed by atoms with E-state index < -0.39 is 0 Å². The van der Waals surface area contributed by atoms with E-state index in [-0.39, 0.29) is 5.91 Å². The molecule has 0 aliphatic carbocycles. The van der Waals surface area contributed by atoms with Crippen molar-refractivity contribution in [1.82, 2.24) is 14.7 Å². The van der Waals surface area contributed by atoms with Crippen LogP contribution in [0.3, 0.4) is 0 Å². The molecule has 0 radical (unpaired) electrons. The van der Waals surface area contributed by atoms with E-state index in [1.165, 1.54) is 0 Å². The fourth-order valence-corrected chi connectivity index (χ4v) is 1.95. The molecule has 0 unspecified atom stereocenters. The Bertz CT molecular complexity index is 534. The van der Waals surface area contributed by atoms with Crippen LogP contribution in [-0.4, -0.2) is 34.9 Å². The minimum Gasteiger partial charge on any atom is -0.310 e. The van der Waals surface area contributed by atoms with Gasteiger partial charge in [0, 0.05) is 43.4 Å². The number of fused-ring (bicyclic) bond motifs is 1. The summed E-state index contributed by atoms with van der Waals surface area (Å²) in [6, 6.07) is 3.88. The number of anilines is 1. The van der Waals surface area contributed by atoms with Crippen molar-refractivity contribution in [3.05, 3.63) is 30.7 Å². The number of carbonyl (C=O) groups excluding carboxylic acids is 1. The van der Waals surface area contributed by atoms with Crippen molar-refractivity contribution < 1.29 is 4.79 Å². The van der Waals surface area contributed by atoms with Crippen molar-refractivity contribution in [2.45, 2.75) is 0 Å². The first-order valence-electron chi connectivity index (χ1n) is 5.28. The number of nitrogens with one attached hydrogen (secondary N) is 1. The van der Waals surface area contributed by atoms with E-state index in [2.05, 4.69) is 10.3 Å². The van der Waals surface area contributed by atoms with Crippen LogP contribution in [0.2, 0.25) is 0 Å². The fourth-order valence-electron chi connectivity index (χ4n) is 1.95. The van der Waals surface area contributed by atoms with Crippen LogP contribution in [-0.2, 0) is 4.79 Å². The van der Waals surface area contributed by atoms with Gasteiger partial charge in [-0.1, -0.05) is 0 Å². The smallest absolute Gasteiger partial charge is 0.240 e. The monoisotopic (exact) mass is 216 g/mol. The molecular weight excluding hydrogens is 204 g/mol. The summed E-state index contributed by atoms with van der Waals surface area (Å²) >= 11 is 0. The van der Waals surface area contributed by atoms with E-state index in [4.69, 9.17) is 0 Å². The molecule has 5 heteroatoms. The van der Waals surface area contributed by atoms with E-state index in [0.29, 0.717) is 6.54 Å². The quantitative estimate of drug-likeness (QED) is 0.744. The number of nitrogens with zero attached hydrogens (tertiary/aromatic N) is 3. The third-order valence-corrected chi connectivity index (χ3v) is 2.78. The highest BCUT2D eigenvalue weighted by atomic mass is 16.2. The number of imidazole rings is 1. The molecule has 0 aromatic carbocycles. The largest absolute Gasteiger partial charge is 0.310 e. The zero-order chi connectivity index (χ0) is 11.0. The van der Waals surface area contributed by atoms with Gasteiger partial charge in [0.1, 0.15) is 5.65 Å². The minimum atomic E-state index is 0.113. The molecule has 1 aliphatic rings. The number of piperazine rings is 1. The van der Waals surface area contributed by atoms with Crippen molar-refractivity contribution in [2.75, 3.05) is 24.5 Å².